The maximum atomic E-state index is 11.8. The van der Waals surface area contributed by atoms with Gasteiger partial charge in [-0.05, 0) is 31.4 Å². The molecule has 5 heteroatoms. The molecular formula is C15H18N2O3. The van der Waals surface area contributed by atoms with Gasteiger partial charge in [-0.2, -0.15) is 0 Å². The van der Waals surface area contributed by atoms with Crippen molar-refractivity contribution in [3.05, 3.63) is 34.9 Å². The first-order valence-electron chi connectivity index (χ1n) is 6.62. The van der Waals surface area contributed by atoms with Gasteiger partial charge in [0.25, 0.3) is 0 Å². The first kappa shape index (κ1) is 14.2. The zero-order valence-corrected chi connectivity index (χ0v) is 11.7. The number of carbonyl (C=O) groups excluding carboxylic acids is 3. The summed E-state index contributed by atoms with van der Waals surface area (Å²) < 4.78 is 0. The number of carbonyl (C=O) groups is 3. The zero-order valence-electron chi connectivity index (χ0n) is 11.7. The van der Waals surface area contributed by atoms with E-state index < -0.39 is 11.9 Å². The number of nitrogens with zero attached hydrogens (tertiary/aromatic N) is 1. The van der Waals surface area contributed by atoms with E-state index >= 15 is 0 Å². The summed E-state index contributed by atoms with van der Waals surface area (Å²) >= 11 is 0. The van der Waals surface area contributed by atoms with Crippen LogP contribution >= 0.6 is 0 Å². The number of benzene rings is 1. The summed E-state index contributed by atoms with van der Waals surface area (Å²) in [6.07, 6.45) is 1.33. The molecule has 0 radical (unpaired) electrons. The highest BCUT2D eigenvalue weighted by molar-refractivity contribution is 6.00. The summed E-state index contributed by atoms with van der Waals surface area (Å²) in [6.45, 7) is 4.37. The van der Waals surface area contributed by atoms with E-state index in [1.165, 1.54) is 4.90 Å². The van der Waals surface area contributed by atoms with Gasteiger partial charge in [0.1, 0.15) is 6.04 Å². The van der Waals surface area contributed by atoms with Crippen LogP contribution in [0.3, 0.4) is 0 Å². The van der Waals surface area contributed by atoms with Crippen molar-refractivity contribution in [2.24, 2.45) is 0 Å². The van der Waals surface area contributed by atoms with Gasteiger partial charge >= 0.3 is 0 Å². The normalized spacial score (nSPS) is 18.6. The molecule has 1 aromatic carbocycles. The standard InChI is InChI=1S/C15H18N2O3/c1-10-3-4-12(11(2)7-10)8-17(9-18)13-5-6-14(19)16-15(13)20/h3-4,7,9,13H,5-6,8H2,1-2H3,(H,16,19,20). The second-order valence-electron chi connectivity index (χ2n) is 5.17. The SMILES string of the molecule is Cc1ccc(CN(C=O)C2CCC(=O)NC2=O)c(C)c1. The average Bonchev–Trinajstić information content (AvgIpc) is 2.39. The van der Waals surface area contributed by atoms with Crippen molar-refractivity contribution in [2.75, 3.05) is 0 Å². The highest BCUT2D eigenvalue weighted by Gasteiger charge is 2.31. The fourth-order valence-electron chi connectivity index (χ4n) is 2.44. The van der Waals surface area contributed by atoms with Gasteiger partial charge in [-0.25, -0.2) is 0 Å². The highest BCUT2D eigenvalue weighted by Crippen LogP contribution is 2.17. The molecule has 1 N–H and O–H groups in total. The van der Waals surface area contributed by atoms with Gasteiger partial charge in [0.15, 0.2) is 0 Å². The zero-order chi connectivity index (χ0) is 14.7. The van der Waals surface area contributed by atoms with E-state index in [-0.39, 0.29) is 12.3 Å². The van der Waals surface area contributed by atoms with Gasteiger partial charge in [0.05, 0.1) is 0 Å². The lowest BCUT2D eigenvalue weighted by molar-refractivity contribution is -0.141. The number of rotatable bonds is 4. The minimum absolute atomic E-state index is 0.271. The van der Waals surface area contributed by atoms with Crippen LogP contribution in [-0.2, 0) is 20.9 Å². The smallest absolute Gasteiger partial charge is 0.249 e. The van der Waals surface area contributed by atoms with E-state index in [0.717, 1.165) is 16.7 Å². The van der Waals surface area contributed by atoms with Crippen LogP contribution < -0.4 is 5.32 Å². The molecule has 0 bridgehead atoms. The summed E-state index contributed by atoms with van der Waals surface area (Å²) in [5.74, 6) is -0.665. The number of hydrogen-bond acceptors (Lipinski definition) is 3. The van der Waals surface area contributed by atoms with Crippen LogP contribution in [0.5, 0.6) is 0 Å². The number of amides is 3. The van der Waals surface area contributed by atoms with Crippen molar-refractivity contribution in [3.63, 3.8) is 0 Å². The Hall–Kier alpha value is -2.17. The van der Waals surface area contributed by atoms with E-state index in [1.807, 2.05) is 32.0 Å². The van der Waals surface area contributed by atoms with Crippen molar-refractivity contribution >= 4 is 18.2 Å². The molecule has 5 nitrogen and oxygen atoms in total. The van der Waals surface area contributed by atoms with Crippen LogP contribution in [0.2, 0.25) is 0 Å². The third kappa shape index (κ3) is 3.04. The Balaban J connectivity index is 2.14. The lowest BCUT2D eigenvalue weighted by Crippen LogP contribution is -2.51. The van der Waals surface area contributed by atoms with E-state index in [4.69, 9.17) is 0 Å². The average molecular weight is 274 g/mol. The van der Waals surface area contributed by atoms with Crippen LogP contribution in [0.15, 0.2) is 18.2 Å². The van der Waals surface area contributed by atoms with Gasteiger partial charge in [-0.3, -0.25) is 19.7 Å². The summed E-state index contributed by atoms with van der Waals surface area (Å²) in [6, 6.07) is 5.43. The van der Waals surface area contributed by atoms with Gasteiger partial charge in [-0.1, -0.05) is 23.8 Å². The molecule has 0 spiro atoms. The quantitative estimate of drug-likeness (QED) is 0.659. The summed E-state index contributed by atoms with van der Waals surface area (Å²) in [5, 5.41) is 2.28. The monoisotopic (exact) mass is 274 g/mol. The van der Waals surface area contributed by atoms with Crippen molar-refractivity contribution in [1.29, 1.82) is 0 Å². The van der Waals surface area contributed by atoms with Gasteiger partial charge < -0.3 is 4.90 Å². The predicted octanol–water partition coefficient (Wildman–Crippen LogP) is 1.07. The van der Waals surface area contributed by atoms with E-state index in [0.29, 0.717) is 19.4 Å². The number of imide groups is 1. The van der Waals surface area contributed by atoms with Crippen LogP contribution in [0.25, 0.3) is 0 Å². The maximum absolute atomic E-state index is 11.8. The lowest BCUT2D eigenvalue weighted by Gasteiger charge is -2.30. The largest absolute Gasteiger partial charge is 0.329 e. The Morgan fingerprint density at radius 3 is 2.70 bits per heavy atom. The maximum Gasteiger partial charge on any atom is 0.249 e. The Morgan fingerprint density at radius 1 is 1.35 bits per heavy atom. The number of piperidine rings is 1. The summed E-state index contributed by atoms with van der Waals surface area (Å²) in [7, 11) is 0. The first-order valence-corrected chi connectivity index (χ1v) is 6.62. The Morgan fingerprint density at radius 2 is 2.10 bits per heavy atom. The molecule has 0 saturated carbocycles. The Kier molecular flexibility index (Phi) is 4.17. The number of aryl methyl sites for hydroxylation is 2. The third-order valence-corrected chi connectivity index (χ3v) is 3.60. The third-order valence-electron chi connectivity index (χ3n) is 3.60. The summed E-state index contributed by atoms with van der Waals surface area (Å²) in [4.78, 5) is 35.7. The number of hydrogen-bond donors (Lipinski definition) is 1. The predicted molar refractivity (Wildman–Crippen MR) is 73.7 cm³/mol. The molecule has 1 unspecified atom stereocenters. The molecule has 1 saturated heterocycles. The lowest BCUT2D eigenvalue weighted by atomic mass is 10.0. The van der Waals surface area contributed by atoms with Crippen molar-refractivity contribution in [3.8, 4) is 0 Å². The van der Waals surface area contributed by atoms with E-state index in [1.54, 1.807) is 0 Å². The van der Waals surface area contributed by atoms with Gasteiger partial charge in [0.2, 0.25) is 18.2 Å². The van der Waals surface area contributed by atoms with E-state index in [2.05, 4.69) is 5.32 Å². The van der Waals surface area contributed by atoms with Gasteiger partial charge in [-0.15, -0.1) is 0 Å². The molecule has 3 amide bonds. The molecule has 0 aliphatic carbocycles. The van der Waals surface area contributed by atoms with Crippen molar-refractivity contribution < 1.29 is 14.4 Å². The second-order valence-corrected chi connectivity index (χ2v) is 5.17. The minimum atomic E-state index is -0.564. The topological polar surface area (TPSA) is 66.5 Å². The second kappa shape index (κ2) is 5.86. The molecule has 0 aromatic heterocycles. The fourth-order valence-corrected chi connectivity index (χ4v) is 2.44. The molecule has 106 valence electrons. The van der Waals surface area contributed by atoms with Crippen LogP contribution in [0.4, 0.5) is 0 Å². The Bertz CT molecular complexity index is 554. The molecule has 2 rings (SSSR count). The van der Waals surface area contributed by atoms with Crippen molar-refractivity contribution in [2.45, 2.75) is 39.3 Å². The summed E-state index contributed by atoms with van der Waals surface area (Å²) in [5.41, 5.74) is 3.25. The molecule has 1 atom stereocenters. The van der Waals surface area contributed by atoms with Gasteiger partial charge in [0, 0.05) is 13.0 Å². The van der Waals surface area contributed by atoms with Crippen LogP contribution in [0, 0.1) is 13.8 Å². The molecule has 1 aliphatic heterocycles. The number of nitrogens with one attached hydrogen (secondary N) is 1. The molecule has 1 heterocycles. The van der Waals surface area contributed by atoms with E-state index in [9.17, 15) is 14.4 Å². The highest BCUT2D eigenvalue weighted by atomic mass is 16.2. The first-order chi connectivity index (χ1) is 9.51. The molecule has 1 aliphatic rings. The molecule has 1 aromatic rings. The van der Waals surface area contributed by atoms with Crippen molar-refractivity contribution in [1.82, 2.24) is 10.2 Å². The molecule has 20 heavy (non-hydrogen) atoms. The molecular weight excluding hydrogens is 256 g/mol. The molecule has 1 fully saturated rings. The fraction of sp³-hybridized carbons (Fsp3) is 0.400. The van der Waals surface area contributed by atoms with Crippen LogP contribution in [-0.4, -0.2) is 29.2 Å². The minimum Gasteiger partial charge on any atom is -0.329 e. The van der Waals surface area contributed by atoms with Crippen LogP contribution in [0.1, 0.15) is 29.5 Å². The Labute approximate surface area is 118 Å².